The van der Waals surface area contributed by atoms with Gasteiger partial charge in [-0.1, -0.05) is 165 Å². The molecule has 0 fully saturated rings. The van der Waals surface area contributed by atoms with Crippen molar-refractivity contribution in [1.29, 1.82) is 0 Å². The van der Waals surface area contributed by atoms with Crippen molar-refractivity contribution < 1.29 is 0 Å². The fourth-order valence-electron chi connectivity index (χ4n) is 8.56. The SMILES string of the molecule is CC1c2ccccc2C2(c3cc(-c4ccccc4)ccc3-c3ccc4ccccc4c32)c2ccccc2C1c1ccccc1. The summed E-state index contributed by atoms with van der Waals surface area (Å²) in [6.07, 6.45) is 0. The van der Waals surface area contributed by atoms with Crippen molar-refractivity contribution in [3.05, 3.63) is 203 Å². The van der Waals surface area contributed by atoms with Crippen LogP contribution < -0.4 is 0 Å². The van der Waals surface area contributed by atoms with E-state index in [-0.39, 0.29) is 11.8 Å². The van der Waals surface area contributed by atoms with Gasteiger partial charge in [0.25, 0.3) is 0 Å². The van der Waals surface area contributed by atoms with Crippen LogP contribution in [0.1, 0.15) is 57.7 Å². The maximum Gasteiger partial charge on any atom is 0.0725 e. The van der Waals surface area contributed by atoms with Gasteiger partial charge < -0.3 is 0 Å². The minimum atomic E-state index is -0.471. The Morgan fingerprint density at radius 1 is 0.455 bits per heavy atom. The van der Waals surface area contributed by atoms with Gasteiger partial charge >= 0.3 is 0 Å². The molecule has 44 heavy (non-hydrogen) atoms. The molecule has 208 valence electrons. The Labute approximate surface area is 259 Å². The molecule has 7 aromatic rings. The van der Waals surface area contributed by atoms with Crippen molar-refractivity contribution in [1.82, 2.24) is 0 Å². The van der Waals surface area contributed by atoms with E-state index in [0.29, 0.717) is 0 Å². The molecule has 0 aliphatic heterocycles. The van der Waals surface area contributed by atoms with Gasteiger partial charge in [0.15, 0.2) is 0 Å². The zero-order valence-corrected chi connectivity index (χ0v) is 24.7. The van der Waals surface area contributed by atoms with Gasteiger partial charge in [0.2, 0.25) is 0 Å². The highest BCUT2D eigenvalue weighted by atomic mass is 14.5. The Balaban J connectivity index is 1.50. The van der Waals surface area contributed by atoms with Crippen molar-refractivity contribution >= 4 is 10.8 Å². The lowest BCUT2D eigenvalue weighted by atomic mass is 9.65. The van der Waals surface area contributed by atoms with Crippen LogP contribution in [0.5, 0.6) is 0 Å². The molecule has 7 aromatic carbocycles. The summed E-state index contributed by atoms with van der Waals surface area (Å²) in [5.41, 5.74) is 14.5. The summed E-state index contributed by atoms with van der Waals surface area (Å²) in [6, 6.07) is 61.5. The third-order valence-electron chi connectivity index (χ3n) is 10.3. The minimum absolute atomic E-state index is 0.229. The van der Waals surface area contributed by atoms with Gasteiger partial charge in [-0.15, -0.1) is 0 Å². The smallest absolute Gasteiger partial charge is 0.0622 e. The van der Waals surface area contributed by atoms with E-state index in [4.69, 9.17) is 0 Å². The van der Waals surface area contributed by atoms with Crippen molar-refractivity contribution in [2.75, 3.05) is 0 Å². The van der Waals surface area contributed by atoms with E-state index in [1.54, 1.807) is 0 Å². The van der Waals surface area contributed by atoms with Crippen LogP contribution in [0.15, 0.2) is 164 Å². The Kier molecular flexibility index (Phi) is 5.56. The molecular formula is C44H32. The molecule has 3 atom stereocenters. The first-order valence-electron chi connectivity index (χ1n) is 15.7. The van der Waals surface area contributed by atoms with Crippen LogP contribution in [-0.2, 0) is 5.41 Å². The standard InChI is InChI=1S/C44H32/c1-29-34-19-10-12-22-39(34)44(40-23-13-11-21-38(40)42(29)32-17-6-3-7-18-32)41-28-33(30-14-4-2-5-15-30)25-26-36(41)37-27-24-31-16-8-9-20-35(31)43(37)44/h2-29,42H,1H3. The van der Waals surface area contributed by atoms with E-state index >= 15 is 0 Å². The first-order chi connectivity index (χ1) is 21.8. The third kappa shape index (κ3) is 3.40. The predicted octanol–water partition coefficient (Wildman–Crippen LogP) is 11.1. The van der Waals surface area contributed by atoms with Gasteiger partial charge in [-0.25, -0.2) is 0 Å². The Morgan fingerprint density at radius 3 is 1.86 bits per heavy atom. The first-order valence-corrected chi connectivity index (χ1v) is 15.7. The first kappa shape index (κ1) is 25.3. The molecule has 0 heterocycles. The van der Waals surface area contributed by atoms with Crippen molar-refractivity contribution in [3.63, 3.8) is 0 Å². The average molecular weight is 561 g/mol. The molecule has 2 aliphatic carbocycles. The molecule has 0 saturated heterocycles. The van der Waals surface area contributed by atoms with Crippen LogP contribution in [0, 0.1) is 0 Å². The normalized spacial score (nSPS) is 19.6. The highest BCUT2D eigenvalue weighted by Gasteiger charge is 2.52. The van der Waals surface area contributed by atoms with E-state index in [0.717, 1.165) is 0 Å². The summed E-state index contributed by atoms with van der Waals surface area (Å²) in [6.45, 7) is 2.44. The van der Waals surface area contributed by atoms with Crippen LogP contribution >= 0.6 is 0 Å². The molecule has 0 bridgehead atoms. The molecule has 0 amide bonds. The number of benzene rings is 7. The van der Waals surface area contributed by atoms with E-state index in [1.807, 2.05) is 0 Å². The Bertz CT molecular complexity index is 2190. The van der Waals surface area contributed by atoms with Gasteiger partial charge in [-0.3, -0.25) is 0 Å². The lowest BCUT2D eigenvalue weighted by molar-refractivity contribution is 0.660. The second-order valence-corrected chi connectivity index (χ2v) is 12.4. The van der Waals surface area contributed by atoms with Crippen molar-refractivity contribution in [2.24, 2.45) is 0 Å². The molecule has 0 N–H and O–H groups in total. The van der Waals surface area contributed by atoms with E-state index in [9.17, 15) is 0 Å². The summed E-state index contributed by atoms with van der Waals surface area (Å²) < 4.78 is 0. The molecule has 9 rings (SSSR count). The molecule has 0 aromatic heterocycles. The highest BCUT2D eigenvalue weighted by molar-refractivity contribution is 6.01. The fraction of sp³-hybridized carbons (Fsp3) is 0.0909. The van der Waals surface area contributed by atoms with Gasteiger partial charge in [0, 0.05) is 5.92 Å². The molecule has 0 saturated carbocycles. The van der Waals surface area contributed by atoms with E-state index in [1.165, 1.54) is 72.0 Å². The quantitative estimate of drug-likeness (QED) is 0.197. The lowest BCUT2D eigenvalue weighted by Gasteiger charge is -2.36. The molecule has 0 radical (unpaired) electrons. The van der Waals surface area contributed by atoms with Crippen molar-refractivity contribution in [3.8, 4) is 22.3 Å². The van der Waals surface area contributed by atoms with Crippen LogP contribution in [0.4, 0.5) is 0 Å². The van der Waals surface area contributed by atoms with Gasteiger partial charge in [-0.05, 0) is 84.0 Å². The van der Waals surface area contributed by atoms with Crippen LogP contribution in [0.2, 0.25) is 0 Å². The molecule has 0 nitrogen and oxygen atoms in total. The lowest BCUT2D eigenvalue weighted by Crippen LogP contribution is -2.30. The number of fused-ring (bicyclic) bond motifs is 11. The summed E-state index contributed by atoms with van der Waals surface area (Å²) in [5.74, 6) is 0.515. The molecular weight excluding hydrogens is 528 g/mol. The molecule has 1 spiro atoms. The van der Waals surface area contributed by atoms with Gasteiger partial charge in [-0.2, -0.15) is 0 Å². The zero-order valence-electron chi connectivity index (χ0n) is 24.7. The number of hydrogen-bond donors (Lipinski definition) is 0. The average Bonchev–Trinajstić information content (AvgIpc) is 3.35. The molecule has 2 aliphatic rings. The third-order valence-corrected chi connectivity index (χ3v) is 10.3. The second kappa shape index (κ2) is 9.66. The molecule has 3 unspecified atom stereocenters. The van der Waals surface area contributed by atoms with Crippen LogP contribution in [-0.4, -0.2) is 0 Å². The monoisotopic (exact) mass is 560 g/mol. The minimum Gasteiger partial charge on any atom is -0.0622 e. The maximum absolute atomic E-state index is 2.50. The predicted molar refractivity (Wildman–Crippen MR) is 183 cm³/mol. The van der Waals surface area contributed by atoms with E-state index in [2.05, 4.69) is 171 Å². The summed E-state index contributed by atoms with van der Waals surface area (Å²) in [4.78, 5) is 0. The Hall–Kier alpha value is -5.20. The zero-order chi connectivity index (χ0) is 29.3. The van der Waals surface area contributed by atoms with Crippen LogP contribution in [0.3, 0.4) is 0 Å². The summed E-state index contributed by atoms with van der Waals surface area (Å²) in [5, 5.41) is 2.62. The topological polar surface area (TPSA) is 0 Å². The molecule has 0 heteroatoms. The Morgan fingerprint density at radius 2 is 1.07 bits per heavy atom. The van der Waals surface area contributed by atoms with Crippen LogP contribution in [0.25, 0.3) is 33.0 Å². The van der Waals surface area contributed by atoms with Gasteiger partial charge in [0.05, 0.1) is 5.41 Å². The summed E-state index contributed by atoms with van der Waals surface area (Å²) in [7, 11) is 0. The van der Waals surface area contributed by atoms with Gasteiger partial charge in [0.1, 0.15) is 0 Å². The maximum atomic E-state index is 2.50. The van der Waals surface area contributed by atoms with E-state index < -0.39 is 5.41 Å². The largest absolute Gasteiger partial charge is 0.0725 e. The number of hydrogen-bond acceptors (Lipinski definition) is 0. The number of rotatable bonds is 2. The second-order valence-electron chi connectivity index (χ2n) is 12.4. The van der Waals surface area contributed by atoms with Crippen molar-refractivity contribution in [2.45, 2.75) is 24.2 Å². The fourth-order valence-corrected chi connectivity index (χ4v) is 8.56. The highest BCUT2D eigenvalue weighted by Crippen LogP contribution is 2.63. The summed E-state index contributed by atoms with van der Waals surface area (Å²) >= 11 is 0.